The van der Waals surface area contributed by atoms with Crippen molar-refractivity contribution in [3.63, 3.8) is 0 Å². The van der Waals surface area contributed by atoms with Crippen LogP contribution in [0.5, 0.6) is 5.75 Å². The molecule has 0 bridgehead atoms. The second-order valence-electron chi connectivity index (χ2n) is 11.4. The number of hydrogen-bond acceptors (Lipinski definition) is 6. The number of carbonyl (C=O) groups is 3. The number of benzene rings is 3. The molecule has 244 valence electrons. The van der Waals surface area contributed by atoms with Crippen molar-refractivity contribution in [1.29, 1.82) is 0 Å². The maximum absolute atomic E-state index is 13.5. The summed E-state index contributed by atoms with van der Waals surface area (Å²) in [5.41, 5.74) is 2.99. The molecule has 2 amide bonds. The number of rotatable bonds is 20. The van der Waals surface area contributed by atoms with Gasteiger partial charge < -0.3 is 25.2 Å². The van der Waals surface area contributed by atoms with Gasteiger partial charge in [-0.05, 0) is 61.4 Å². The third-order valence-electron chi connectivity index (χ3n) is 7.47. The van der Waals surface area contributed by atoms with Crippen molar-refractivity contribution in [1.82, 2.24) is 10.6 Å². The lowest BCUT2D eigenvalue weighted by Crippen LogP contribution is -2.45. The number of nitrogens with one attached hydrogen (secondary N) is 2. The summed E-state index contributed by atoms with van der Waals surface area (Å²) in [7, 11) is 0. The fourth-order valence-corrected chi connectivity index (χ4v) is 4.97. The molecule has 0 unspecified atom stereocenters. The maximum atomic E-state index is 13.5. The molecule has 4 atom stereocenters. The van der Waals surface area contributed by atoms with Crippen molar-refractivity contribution in [2.24, 2.45) is 11.8 Å². The molecular formula is C38H46N2O6. The molecule has 3 aromatic rings. The molecule has 0 heterocycles. The Balaban J connectivity index is 1.71. The summed E-state index contributed by atoms with van der Waals surface area (Å²) >= 11 is 0. The first kappa shape index (κ1) is 35.8. The molecule has 46 heavy (non-hydrogen) atoms. The summed E-state index contributed by atoms with van der Waals surface area (Å²) in [6.07, 6.45) is 4.87. The molecule has 0 saturated carbocycles. The lowest BCUT2D eigenvalue weighted by atomic mass is 9.96. The number of hydrogen-bond donors (Lipinski definition) is 3. The van der Waals surface area contributed by atoms with Gasteiger partial charge in [0.25, 0.3) is 0 Å². The summed E-state index contributed by atoms with van der Waals surface area (Å²) in [6, 6.07) is 26.2. The molecule has 0 aliphatic rings. The standard InChI is InChI=1S/C38H46N2O6/c1-4-12-32(24-36(42)39-28(3)25-41)37(43)40-34(27-46-38(44)33(13-5-2)22-29-14-8-6-9-15-29)23-30-18-20-35(21-19-30)45-26-31-16-10-7-11-17-31/h4-11,14-21,28,32-34,41H,1-2,12-13,22-27H2,3H3,(H,39,42)(H,40,43)/t28-,32+,33-,34-/m0/s1. The molecular weight excluding hydrogens is 580 g/mol. The van der Waals surface area contributed by atoms with Crippen molar-refractivity contribution in [3.8, 4) is 5.75 Å². The lowest BCUT2D eigenvalue weighted by Gasteiger charge is -2.24. The fraction of sp³-hybridized carbons (Fsp3) is 0.342. The van der Waals surface area contributed by atoms with Crippen LogP contribution in [0.4, 0.5) is 0 Å². The van der Waals surface area contributed by atoms with Crippen LogP contribution in [-0.4, -0.2) is 48.2 Å². The molecule has 0 aromatic heterocycles. The largest absolute Gasteiger partial charge is 0.489 e. The smallest absolute Gasteiger partial charge is 0.309 e. The first-order valence-electron chi connectivity index (χ1n) is 15.7. The van der Waals surface area contributed by atoms with Gasteiger partial charge >= 0.3 is 5.97 Å². The summed E-state index contributed by atoms with van der Waals surface area (Å²) in [5, 5.41) is 15.0. The normalized spacial score (nSPS) is 13.3. The van der Waals surface area contributed by atoms with E-state index in [1.165, 1.54) is 0 Å². The molecule has 0 aliphatic heterocycles. The Bertz CT molecular complexity index is 1380. The van der Waals surface area contributed by atoms with E-state index >= 15 is 0 Å². The molecule has 3 N–H and O–H groups in total. The number of amides is 2. The van der Waals surface area contributed by atoms with E-state index in [1.807, 2.05) is 84.9 Å². The van der Waals surface area contributed by atoms with Crippen LogP contribution in [0.3, 0.4) is 0 Å². The summed E-state index contributed by atoms with van der Waals surface area (Å²) in [4.78, 5) is 39.2. The van der Waals surface area contributed by atoms with E-state index in [1.54, 1.807) is 19.1 Å². The van der Waals surface area contributed by atoms with E-state index < -0.39 is 23.9 Å². The molecule has 8 nitrogen and oxygen atoms in total. The lowest BCUT2D eigenvalue weighted by molar-refractivity contribution is -0.149. The van der Waals surface area contributed by atoms with Gasteiger partial charge in [-0.1, -0.05) is 84.9 Å². The Morgan fingerprint density at radius 3 is 1.98 bits per heavy atom. The Morgan fingerprint density at radius 2 is 1.37 bits per heavy atom. The first-order valence-corrected chi connectivity index (χ1v) is 15.7. The van der Waals surface area contributed by atoms with Gasteiger partial charge in [-0.2, -0.15) is 0 Å². The molecule has 0 radical (unpaired) electrons. The molecule has 0 spiro atoms. The predicted molar refractivity (Wildman–Crippen MR) is 180 cm³/mol. The topological polar surface area (TPSA) is 114 Å². The number of aliphatic hydroxyl groups excluding tert-OH is 1. The van der Waals surface area contributed by atoms with E-state index in [9.17, 15) is 19.5 Å². The van der Waals surface area contributed by atoms with E-state index in [0.717, 1.165) is 16.7 Å². The zero-order valence-corrected chi connectivity index (χ0v) is 26.6. The Kier molecular flexibility index (Phi) is 15.3. The van der Waals surface area contributed by atoms with E-state index in [4.69, 9.17) is 9.47 Å². The molecule has 0 aliphatic carbocycles. The average molecular weight is 627 g/mol. The van der Waals surface area contributed by atoms with Crippen LogP contribution in [0.15, 0.2) is 110 Å². The molecule has 8 heteroatoms. The van der Waals surface area contributed by atoms with Gasteiger partial charge in [0.15, 0.2) is 0 Å². The number of aliphatic hydroxyl groups is 1. The summed E-state index contributed by atoms with van der Waals surface area (Å²) < 4.78 is 11.7. The molecule has 3 aromatic carbocycles. The number of ether oxygens (including phenoxy) is 2. The quantitative estimate of drug-likeness (QED) is 0.115. The molecule has 0 fully saturated rings. The van der Waals surface area contributed by atoms with Crippen molar-refractivity contribution < 1.29 is 29.0 Å². The van der Waals surface area contributed by atoms with Gasteiger partial charge in [-0.3, -0.25) is 14.4 Å². The summed E-state index contributed by atoms with van der Waals surface area (Å²) in [6.45, 7) is 9.43. The second-order valence-corrected chi connectivity index (χ2v) is 11.4. The van der Waals surface area contributed by atoms with Gasteiger partial charge in [0.05, 0.1) is 24.5 Å². The molecule has 3 rings (SSSR count). The Hall–Kier alpha value is -4.69. The van der Waals surface area contributed by atoms with E-state index in [2.05, 4.69) is 23.8 Å². The zero-order valence-electron chi connectivity index (χ0n) is 26.6. The van der Waals surface area contributed by atoms with Crippen LogP contribution in [0.2, 0.25) is 0 Å². The van der Waals surface area contributed by atoms with Crippen LogP contribution >= 0.6 is 0 Å². The Morgan fingerprint density at radius 1 is 0.783 bits per heavy atom. The highest BCUT2D eigenvalue weighted by Crippen LogP contribution is 2.18. The van der Waals surface area contributed by atoms with Gasteiger partial charge in [0, 0.05) is 12.5 Å². The minimum atomic E-state index is -0.679. The number of esters is 1. The Labute approximate surface area is 272 Å². The van der Waals surface area contributed by atoms with Crippen molar-refractivity contribution >= 4 is 17.8 Å². The van der Waals surface area contributed by atoms with Crippen molar-refractivity contribution in [2.45, 2.75) is 57.7 Å². The third kappa shape index (κ3) is 12.7. The highest BCUT2D eigenvalue weighted by atomic mass is 16.5. The highest BCUT2D eigenvalue weighted by Gasteiger charge is 2.26. The predicted octanol–water partition coefficient (Wildman–Crippen LogP) is 5.35. The van der Waals surface area contributed by atoms with Crippen LogP contribution in [0.1, 0.15) is 42.9 Å². The van der Waals surface area contributed by atoms with Crippen LogP contribution in [0, 0.1) is 11.8 Å². The molecule has 0 saturated heterocycles. The maximum Gasteiger partial charge on any atom is 0.309 e. The number of allylic oxidation sites excluding steroid dienone is 2. The van der Waals surface area contributed by atoms with E-state index in [0.29, 0.717) is 31.6 Å². The van der Waals surface area contributed by atoms with E-state index in [-0.39, 0.29) is 43.8 Å². The average Bonchev–Trinajstić information content (AvgIpc) is 3.07. The van der Waals surface area contributed by atoms with Gasteiger partial charge in [0.1, 0.15) is 19.0 Å². The highest BCUT2D eigenvalue weighted by molar-refractivity contribution is 5.86. The minimum Gasteiger partial charge on any atom is -0.489 e. The number of carbonyl (C=O) groups excluding carboxylic acids is 3. The van der Waals surface area contributed by atoms with Gasteiger partial charge in [-0.25, -0.2) is 0 Å². The SMILES string of the molecule is C=CC[C@H](CC(=O)N[C@@H](C)CO)C(=O)N[C@H](COC(=O)[C@@H](CC=C)Cc1ccccc1)Cc1ccc(OCc2ccccc2)cc1. The van der Waals surface area contributed by atoms with Crippen LogP contribution in [0.25, 0.3) is 0 Å². The van der Waals surface area contributed by atoms with Crippen LogP contribution < -0.4 is 15.4 Å². The van der Waals surface area contributed by atoms with Gasteiger partial charge in [-0.15, -0.1) is 13.2 Å². The fourth-order valence-electron chi connectivity index (χ4n) is 4.97. The van der Waals surface area contributed by atoms with Gasteiger partial charge in [0.2, 0.25) is 11.8 Å². The monoisotopic (exact) mass is 626 g/mol. The third-order valence-corrected chi connectivity index (χ3v) is 7.47. The first-order chi connectivity index (χ1) is 22.3. The minimum absolute atomic E-state index is 0.0478. The van der Waals surface area contributed by atoms with Crippen molar-refractivity contribution in [3.05, 3.63) is 127 Å². The summed E-state index contributed by atoms with van der Waals surface area (Å²) in [5.74, 6) is -1.44. The zero-order chi connectivity index (χ0) is 33.1. The van der Waals surface area contributed by atoms with Crippen molar-refractivity contribution in [2.75, 3.05) is 13.2 Å². The second kappa shape index (κ2) is 19.6. The van der Waals surface area contributed by atoms with Crippen LogP contribution in [-0.2, 0) is 38.6 Å².